The van der Waals surface area contributed by atoms with Crippen LogP contribution in [0, 0.1) is 0 Å². The molecule has 2 N–H and O–H groups in total. The van der Waals surface area contributed by atoms with Crippen molar-refractivity contribution in [1.82, 2.24) is 20.4 Å². The molecule has 2 aromatic rings. The minimum absolute atomic E-state index is 0.383. The van der Waals surface area contributed by atoms with E-state index in [-0.39, 0.29) is 0 Å². The summed E-state index contributed by atoms with van der Waals surface area (Å²) in [6.45, 7) is 4.38. The summed E-state index contributed by atoms with van der Waals surface area (Å²) in [6.07, 6.45) is 4.67. The highest BCUT2D eigenvalue weighted by atomic mass is 35.5. The number of aromatic nitrogens is 2. The van der Waals surface area contributed by atoms with E-state index >= 15 is 0 Å². The van der Waals surface area contributed by atoms with Crippen LogP contribution in [-0.4, -0.2) is 42.0 Å². The minimum Gasteiger partial charge on any atom is -0.489 e. The number of hydrogen-bond acceptors (Lipinski definition) is 3. The third-order valence-corrected chi connectivity index (χ3v) is 4.16. The van der Waals surface area contributed by atoms with Crippen LogP contribution in [0.5, 0.6) is 5.75 Å². The lowest BCUT2D eigenvalue weighted by atomic mass is 10.3. The van der Waals surface area contributed by atoms with E-state index in [0.717, 1.165) is 24.5 Å². The first-order valence-electron chi connectivity index (χ1n) is 8.26. The van der Waals surface area contributed by atoms with Gasteiger partial charge >= 0.3 is 0 Å². The molecule has 0 amide bonds. The Morgan fingerprint density at radius 1 is 1.23 bits per heavy atom. The van der Waals surface area contributed by atoms with Gasteiger partial charge in [-0.2, -0.15) is 5.10 Å². The molecule has 1 heterocycles. The van der Waals surface area contributed by atoms with Gasteiger partial charge in [0.05, 0.1) is 22.8 Å². The van der Waals surface area contributed by atoms with E-state index in [9.17, 15) is 0 Å². The number of benzene rings is 1. The summed E-state index contributed by atoms with van der Waals surface area (Å²) in [5.74, 6) is 1.16. The molecule has 0 aliphatic heterocycles. The summed E-state index contributed by atoms with van der Waals surface area (Å²) in [7, 11) is 1.90. The quantitative estimate of drug-likeness (QED) is 0.391. The van der Waals surface area contributed by atoms with Gasteiger partial charge in [0.25, 0.3) is 0 Å². The molecule has 9 heteroatoms. The van der Waals surface area contributed by atoms with Gasteiger partial charge in [-0.1, -0.05) is 34.8 Å². The van der Waals surface area contributed by atoms with E-state index in [0.29, 0.717) is 40.5 Å². The van der Waals surface area contributed by atoms with E-state index in [4.69, 9.17) is 39.5 Å². The maximum Gasteiger partial charge on any atom is 0.191 e. The fraction of sp³-hybridized carbons (Fsp3) is 0.412. The summed E-state index contributed by atoms with van der Waals surface area (Å²) in [5, 5.41) is 11.8. The van der Waals surface area contributed by atoms with Crippen LogP contribution < -0.4 is 15.4 Å². The predicted molar refractivity (Wildman–Crippen MR) is 108 cm³/mol. The predicted octanol–water partition coefficient (Wildman–Crippen LogP) is 3.56. The van der Waals surface area contributed by atoms with Gasteiger partial charge in [0.1, 0.15) is 6.61 Å². The largest absolute Gasteiger partial charge is 0.489 e. The van der Waals surface area contributed by atoms with Crippen LogP contribution in [0.3, 0.4) is 0 Å². The molecular weight excluding hydrogens is 397 g/mol. The molecule has 0 radical (unpaired) electrons. The Hall–Kier alpha value is -1.63. The van der Waals surface area contributed by atoms with Gasteiger partial charge in [0.15, 0.2) is 11.7 Å². The third kappa shape index (κ3) is 6.59. The maximum absolute atomic E-state index is 6.10. The molecular formula is C17H22Cl3N5O. The molecule has 0 unspecified atom stereocenters. The Balaban J connectivity index is 1.80. The first-order chi connectivity index (χ1) is 12.5. The Labute approximate surface area is 168 Å². The minimum atomic E-state index is 0.383. The van der Waals surface area contributed by atoms with Gasteiger partial charge < -0.3 is 15.4 Å². The lowest BCUT2D eigenvalue weighted by molar-refractivity contribution is 0.322. The molecule has 0 bridgehead atoms. The van der Waals surface area contributed by atoms with Gasteiger partial charge in [0.2, 0.25) is 0 Å². The highest BCUT2D eigenvalue weighted by Crippen LogP contribution is 2.35. The summed E-state index contributed by atoms with van der Waals surface area (Å²) in [4.78, 5) is 4.54. The van der Waals surface area contributed by atoms with Crippen LogP contribution in [0.4, 0.5) is 0 Å². The van der Waals surface area contributed by atoms with Gasteiger partial charge in [-0.05, 0) is 31.0 Å². The highest BCUT2D eigenvalue weighted by molar-refractivity contribution is 6.40. The summed E-state index contributed by atoms with van der Waals surface area (Å²) >= 11 is 18.1. The van der Waals surface area contributed by atoms with Gasteiger partial charge in [-0.15, -0.1) is 0 Å². The fourth-order valence-electron chi connectivity index (χ4n) is 2.23. The number of ether oxygens (including phenoxy) is 1. The number of guanidine groups is 1. The van der Waals surface area contributed by atoms with Crippen LogP contribution >= 0.6 is 34.8 Å². The van der Waals surface area contributed by atoms with E-state index in [1.807, 2.05) is 26.4 Å². The fourth-order valence-corrected chi connectivity index (χ4v) is 3.15. The molecule has 2 rings (SSSR count). The van der Waals surface area contributed by atoms with Crippen molar-refractivity contribution in [2.45, 2.75) is 13.3 Å². The van der Waals surface area contributed by atoms with E-state index < -0.39 is 0 Å². The molecule has 142 valence electrons. The molecule has 26 heavy (non-hydrogen) atoms. The molecule has 0 saturated heterocycles. The molecule has 1 aromatic heterocycles. The van der Waals surface area contributed by atoms with Gasteiger partial charge in [0, 0.05) is 31.4 Å². The smallest absolute Gasteiger partial charge is 0.191 e. The van der Waals surface area contributed by atoms with Crippen molar-refractivity contribution in [2.24, 2.45) is 12.0 Å². The zero-order chi connectivity index (χ0) is 18.9. The number of aliphatic imine (C=N–C) groups is 1. The number of nitrogens with zero attached hydrogens (tertiary/aromatic N) is 3. The standard InChI is InChI=1S/C17H22Cl3N5O/c1-3-21-17(22-5-4-12-10-24-25(2)11-12)23-6-7-26-16-14(19)8-13(18)9-15(16)20/h8-11H,3-7H2,1-2H3,(H2,21,22,23). The van der Waals surface area contributed by atoms with E-state index in [2.05, 4.69) is 20.7 Å². The van der Waals surface area contributed by atoms with Crippen LogP contribution in [0.2, 0.25) is 15.1 Å². The highest BCUT2D eigenvalue weighted by Gasteiger charge is 2.09. The molecule has 0 aliphatic rings. The molecule has 0 spiro atoms. The average molecular weight is 419 g/mol. The third-order valence-electron chi connectivity index (χ3n) is 3.38. The van der Waals surface area contributed by atoms with Crippen molar-refractivity contribution in [3.05, 3.63) is 45.2 Å². The van der Waals surface area contributed by atoms with Crippen molar-refractivity contribution in [3.63, 3.8) is 0 Å². The second-order valence-corrected chi connectivity index (χ2v) is 6.76. The van der Waals surface area contributed by atoms with Crippen molar-refractivity contribution in [2.75, 3.05) is 26.2 Å². The molecule has 0 atom stereocenters. The number of nitrogens with one attached hydrogen (secondary N) is 2. The maximum atomic E-state index is 6.10. The lowest BCUT2D eigenvalue weighted by Gasteiger charge is -2.13. The van der Waals surface area contributed by atoms with Gasteiger partial charge in [-0.3, -0.25) is 9.67 Å². The lowest BCUT2D eigenvalue weighted by Crippen LogP contribution is -2.39. The zero-order valence-electron chi connectivity index (χ0n) is 14.7. The van der Waals surface area contributed by atoms with Crippen molar-refractivity contribution in [1.29, 1.82) is 0 Å². The van der Waals surface area contributed by atoms with Crippen LogP contribution in [0.15, 0.2) is 29.5 Å². The first-order valence-corrected chi connectivity index (χ1v) is 9.40. The molecule has 1 aromatic carbocycles. The van der Waals surface area contributed by atoms with Crippen molar-refractivity contribution >= 4 is 40.8 Å². The summed E-state index contributed by atoms with van der Waals surface area (Å²) in [6, 6.07) is 3.20. The summed E-state index contributed by atoms with van der Waals surface area (Å²) < 4.78 is 7.43. The first kappa shape index (κ1) is 20.7. The van der Waals surface area contributed by atoms with Gasteiger partial charge in [-0.25, -0.2) is 0 Å². The molecule has 6 nitrogen and oxygen atoms in total. The molecule has 0 aliphatic carbocycles. The Bertz CT molecular complexity index is 725. The van der Waals surface area contributed by atoms with Crippen molar-refractivity contribution < 1.29 is 4.74 Å². The monoisotopic (exact) mass is 417 g/mol. The second-order valence-electron chi connectivity index (χ2n) is 5.51. The topological polar surface area (TPSA) is 63.5 Å². The molecule has 0 saturated carbocycles. The number of rotatable bonds is 8. The van der Waals surface area contributed by atoms with Crippen LogP contribution in [0.1, 0.15) is 12.5 Å². The average Bonchev–Trinajstić information content (AvgIpc) is 2.98. The second kappa shape index (κ2) is 10.5. The molecule has 0 fully saturated rings. The number of hydrogen-bond donors (Lipinski definition) is 2. The normalized spacial score (nSPS) is 11.5. The number of aryl methyl sites for hydroxylation is 1. The van der Waals surface area contributed by atoms with E-state index in [1.165, 1.54) is 0 Å². The summed E-state index contributed by atoms with van der Waals surface area (Å²) in [5.41, 5.74) is 1.16. The Morgan fingerprint density at radius 3 is 2.58 bits per heavy atom. The van der Waals surface area contributed by atoms with Crippen LogP contribution in [-0.2, 0) is 13.5 Å². The SMILES string of the molecule is CCNC(=NCCc1cnn(C)c1)NCCOc1c(Cl)cc(Cl)cc1Cl. The Morgan fingerprint density at radius 2 is 1.96 bits per heavy atom. The Kier molecular flexibility index (Phi) is 8.35. The number of halogens is 3. The van der Waals surface area contributed by atoms with Crippen molar-refractivity contribution in [3.8, 4) is 5.75 Å². The van der Waals surface area contributed by atoms with Crippen LogP contribution in [0.25, 0.3) is 0 Å². The zero-order valence-corrected chi connectivity index (χ0v) is 17.0. The van der Waals surface area contributed by atoms with E-state index in [1.54, 1.807) is 16.8 Å².